The van der Waals surface area contributed by atoms with Crippen molar-refractivity contribution in [2.45, 2.75) is 39.2 Å². The average molecular weight is 142 g/mol. The zero-order valence-corrected chi connectivity index (χ0v) is 7.10. The molecule has 0 aliphatic carbocycles. The molecule has 0 saturated carbocycles. The highest BCUT2D eigenvalue weighted by atomic mass is 16.5. The normalized spacial score (nSPS) is 13.0. The standard InChI is InChI=1S/C9H18O/c1-4-6-7-8-10-9(3)5-2/h4,9H,1,5-8H2,2-3H3. The topological polar surface area (TPSA) is 9.23 Å². The molecule has 0 aliphatic rings. The van der Waals surface area contributed by atoms with Gasteiger partial charge in [-0.15, -0.1) is 6.58 Å². The minimum absolute atomic E-state index is 0.421. The minimum Gasteiger partial charge on any atom is -0.379 e. The highest BCUT2D eigenvalue weighted by Crippen LogP contribution is 1.98. The predicted octanol–water partition coefficient (Wildman–Crippen LogP) is 2.77. The van der Waals surface area contributed by atoms with Crippen LogP contribution >= 0.6 is 0 Å². The Balaban J connectivity index is 2.95. The number of hydrogen-bond acceptors (Lipinski definition) is 1. The molecule has 0 radical (unpaired) electrons. The van der Waals surface area contributed by atoms with E-state index in [2.05, 4.69) is 20.4 Å². The molecule has 0 heterocycles. The molecular weight excluding hydrogens is 124 g/mol. The van der Waals surface area contributed by atoms with E-state index >= 15 is 0 Å². The van der Waals surface area contributed by atoms with Gasteiger partial charge >= 0.3 is 0 Å². The van der Waals surface area contributed by atoms with Crippen molar-refractivity contribution in [1.29, 1.82) is 0 Å². The summed E-state index contributed by atoms with van der Waals surface area (Å²) in [5.74, 6) is 0. The molecule has 0 aromatic rings. The predicted molar refractivity (Wildman–Crippen MR) is 45.1 cm³/mol. The third-order valence-electron chi connectivity index (χ3n) is 1.53. The molecule has 0 bridgehead atoms. The number of ether oxygens (including phenoxy) is 1. The lowest BCUT2D eigenvalue weighted by molar-refractivity contribution is 0.0624. The molecule has 0 spiro atoms. The zero-order chi connectivity index (χ0) is 7.82. The second kappa shape index (κ2) is 6.81. The Bertz CT molecular complexity index is 78.8. The van der Waals surface area contributed by atoms with Gasteiger partial charge in [0.15, 0.2) is 0 Å². The van der Waals surface area contributed by atoms with Crippen LogP contribution in [0.25, 0.3) is 0 Å². The van der Waals surface area contributed by atoms with Gasteiger partial charge in [0, 0.05) is 6.61 Å². The van der Waals surface area contributed by atoms with Gasteiger partial charge in [0.25, 0.3) is 0 Å². The van der Waals surface area contributed by atoms with Crippen LogP contribution in [0.1, 0.15) is 33.1 Å². The van der Waals surface area contributed by atoms with Crippen molar-refractivity contribution in [2.75, 3.05) is 6.61 Å². The van der Waals surface area contributed by atoms with E-state index in [4.69, 9.17) is 4.74 Å². The smallest absolute Gasteiger partial charge is 0.0544 e. The third kappa shape index (κ3) is 5.83. The number of unbranched alkanes of at least 4 members (excludes halogenated alkanes) is 1. The first-order chi connectivity index (χ1) is 4.81. The van der Waals surface area contributed by atoms with Gasteiger partial charge < -0.3 is 4.74 Å². The lowest BCUT2D eigenvalue weighted by Crippen LogP contribution is -2.06. The van der Waals surface area contributed by atoms with Crippen molar-refractivity contribution in [3.8, 4) is 0 Å². The summed E-state index contributed by atoms with van der Waals surface area (Å²) in [4.78, 5) is 0. The summed E-state index contributed by atoms with van der Waals surface area (Å²) in [6, 6.07) is 0. The second-order valence-corrected chi connectivity index (χ2v) is 2.52. The molecule has 60 valence electrons. The van der Waals surface area contributed by atoms with Crippen LogP contribution in [0.5, 0.6) is 0 Å². The number of rotatable bonds is 6. The van der Waals surface area contributed by atoms with Crippen molar-refractivity contribution < 1.29 is 4.74 Å². The van der Waals surface area contributed by atoms with Crippen LogP contribution in [-0.4, -0.2) is 12.7 Å². The van der Waals surface area contributed by atoms with E-state index < -0.39 is 0 Å². The van der Waals surface area contributed by atoms with Crippen LogP contribution in [-0.2, 0) is 4.74 Å². The molecule has 1 nitrogen and oxygen atoms in total. The molecule has 10 heavy (non-hydrogen) atoms. The molecule has 0 N–H and O–H groups in total. The molecule has 0 fully saturated rings. The Morgan fingerprint density at radius 3 is 2.80 bits per heavy atom. The van der Waals surface area contributed by atoms with Gasteiger partial charge in [0.1, 0.15) is 0 Å². The molecule has 0 aliphatic heterocycles. The van der Waals surface area contributed by atoms with Crippen molar-refractivity contribution in [3.05, 3.63) is 12.7 Å². The fourth-order valence-electron chi connectivity index (χ4n) is 0.630. The average Bonchev–Trinajstić information content (AvgIpc) is 1.98. The van der Waals surface area contributed by atoms with Gasteiger partial charge in [0.05, 0.1) is 6.10 Å². The van der Waals surface area contributed by atoms with Crippen molar-refractivity contribution >= 4 is 0 Å². The first-order valence-corrected chi connectivity index (χ1v) is 4.03. The van der Waals surface area contributed by atoms with Crippen molar-refractivity contribution in [1.82, 2.24) is 0 Å². The molecule has 0 saturated heterocycles. The summed E-state index contributed by atoms with van der Waals surface area (Å²) >= 11 is 0. The summed E-state index contributed by atoms with van der Waals surface area (Å²) in [5.41, 5.74) is 0. The molecule has 0 aromatic heterocycles. The van der Waals surface area contributed by atoms with Gasteiger partial charge in [-0.25, -0.2) is 0 Å². The van der Waals surface area contributed by atoms with Crippen LogP contribution in [0.2, 0.25) is 0 Å². The summed E-state index contributed by atoms with van der Waals surface area (Å²) in [6.45, 7) is 8.76. The first kappa shape index (κ1) is 9.70. The fourth-order valence-corrected chi connectivity index (χ4v) is 0.630. The summed E-state index contributed by atoms with van der Waals surface area (Å²) in [7, 11) is 0. The molecular formula is C9H18O. The summed E-state index contributed by atoms with van der Waals surface area (Å²) < 4.78 is 5.45. The lowest BCUT2D eigenvalue weighted by Gasteiger charge is -2.08. The van der Waals surface area contributed by atoms with E-state index in [1.54, 1.807) is 0 Å². The van der Waals surface area contributed by atoms with Gasteiger partial charge in [-0.05, 0) is 26.2 Å². The second-order valence-electron chi connectivity index (χ2n) is 2.52. The Labute approximate surface area is 64.1 Å². The van der Waals surface area contributed by atoms with Gasteiger partial charge in [-0.2, -0.15) is 0 Å². The number of allylic oxidation sites excluding steroid dienone is 1. The van der Waals surface area contributed by atoms with E-state index in [1.165, 1.54) is 0 Å². The molecule has 1 atom stereocenters. The molecule has 0 rings (SSSR count). The Morgan fingerprint density at radius 1 is 1.60 bits per heavy atom. The lowest BCUT2D eigenvalue weighted by atomic mass is 10.3. The molecule has 1 unspecified atom stereocenters. The monoisotopic (exact) mass is 142 g/mol. The zero-order valence-electron chi connectivity index (χ0n) is 7.10. The molecule has 0 amide bonds. The summed E-state index contributed by atoms with van der Waals surface area (Å²) in [5, 5.41) is 0. The van der Waals surface area contributed by atoms with Crippen LogP contribution in [0.15, 0.2) is 12.7 Å². The van der Waals surface area contributed by atoms with Gasteiger partial charge in [0.2, 0.25) is 0 Å². The molecule has 0 aromatic carbocycles. The van der Waals surface area contributed by atoms with Gasteiger partial charge in [-0.1, -0.05) is 13.0 Å². The Morgan fingerprint density at radius 2 is 2.30 bits per heavy atom. The van der Waals surface area contributed by atoms with Gasteiger partial charge in [-0.3, -0.25) is 0 Å². The highest BCUT2D eigenvalue weighted by molar-refractivity contribution is 4.65. The highest BCUT2D eigenvalue weighted by Gasteiger charge is 1.95. The van der Waals surface area contributed by atoms with Crippen LogP contribution in [0.4, 0.5) is 0 Å². The van der Waals surface area contributed by atoms with Crippen molar-refractivity contribution in [2.24, 2.45) is 0 Å². The Kier molecular flexibility index (Phi) is 6.61. The number of hydrogen-bond donors (Lipinski definition) is 0. The van der Waals surface area contributed by atoms with E-state index in [0.717, 1.165) is 25.9 Å². The maximum atomic E-state index is 5.45. The van der Waals surface area contributed by atoms with Crippen LogP contribution in [0.3, 0.4) is 0 Å². The first-order valence-electron chi connectivity index (χ1n) is 4.03. The fraction of sp³-hybridized carbons (Fsp3) is 0.778. The van der Waals surface area contributed by atoms with E-state index in [9.17, 15) is 0 Å². The quantitative estimate of drug-likeness (QED) is 0.409. The van der Waals surface area contributed by atoms with E-state index in [-0.39, 0.29) is 0 Å². The SMILES string of the molecule is C=CCCCOC(C)CC. The van der Waals surface area contributed by atoms with Crippen LogP contribution in [0, 0.1) is 0 Å². The Hall–Kier alpha value is -0.300. The maximum absolute atomic E-state index is 5.45. The van der Waals surface area contributed by atoms with E-state index in [0.29, 0.717) is 6.10 Å². The largest absolute Gasteiger partial charge is 0.379 e. The summed E-state index contributed by atoms with van der Waals surface area (Å²) in [6.07, 6.45) is 5.63. The molecule has 1 heteroatoms. The van der Waals surface area contributed by atoms with Crippen LogP contribution < -0.4 is 0 Å². The minimum atomic E-state index is 0.421. The third-order valence-corrected chi connectivity index (χ3v) is 1.53. The maximum Gasteiger partial charge on any atom is 0.0544 e. The van der Waals surface area contributed by atoms with Crippen molar-refractivity contribution in [3.63, 3.8) is 0 Å². The van der Waals surface area contributed by atoms with E-state index in [1.807, 2.05) is 6.08 Å².